The van der Waals surface area contributed by atoms with Crippen LogP contribution in [0.25, 0.3) is 0 Å². The lowest BCUT2D eigenvalue weighted by atomic mass is 9.82. The molecule has 1 atom stereocenters. The van der Waals surface area contributed by atoms with Gasteiger partial charge in [-0.25, -0.2) is 0 Å². The third-order valence-corrected chi connectivity index (χ3v) is 6.77. The average molecular weight is 338 g/mol. The molecule has 3 nitrogen and oxygen atoms in total. The molecule has 3 heteroatoms. The van der Waals surface area contributed by atoms with E-state index in [1.54, 1.807) is 0 Å². The molecule has 0 aliphatic carbocycles. The smallest absolute Gasteiger partial charge is 0.0154 e. The van der Waals surface area contributed by atoms with Crippen LogP contribution in [-0.4, -0.2) is 71.1 Å². The van der Waals surface area contributed by atoms with E-state index in [1.807, 2.05) is 0 Å². The van der Waals surface area contributed by atoms with Gasteiger partial charge in [-0.15, -0.1) is 0 Å². The summed E-state index contributed by atoms with van der Waals surface area (Å²) in [5, 5.41) is 0. The summed E-state index contributed by atoms with van der Waals surface area (Å²) >= 11 is 0. The summed E-state index contributed by atoms with van der Waals surface area (Å²) in [5.41, 5.74) is 0.689. The molecular formula is C21H43N3. The van der Waals surface area contributed by atoms with E-state index in [9.17, 15) is 0 Å². The Kier molecular flexibility index (Phi) is 6.42. The maximum Gasteiger partial charge on any atom is 0.0154 e. The minimum atomic E-state index is 0.321. The van der Waals surface area contributed by atoms with Gasteiger partial charge in [-0.05, 0) is 66.2 Å². The normalized spacial score (nSPS) is 24.4. The van der Waals surface area contributed by atoms with E-state index in [4.69, 9.17) is 0 Å². The largest absolute Gasteiger partial charge is 0.298 e. The summed E-state index contributed by atoms with van der Waals surface area (Å²) in [6, 6.07) is 0.716. The van der Waals surface area contributed by atoms with Gasteiger partial charge in [0.25, 0.3) is 0 Å². The Hall–Kier alpha value is -0.120. The lowest BCUT2D eigenvalue weighted by Crippen LogP contribution is -2.59. The Balaban J connectivity index is 1.72. The van der Waals surface area contributed by atoms with Gasteiger partial charge in [0.15, 0.2) is 0 Å². The van der Waals surface area contributed by atoms with Crippen molar-refractivity contribution >= 4 is 0 Å². The zero-order chi connectivity index (χ0) is 18.1. The second kappa shape index (κ2) is 7.63. The molecule has 0 radical (unpaired) electrons. The molecule has 1 unspecified atom stereocenters. The van der Waals surface area contributed by atoms with Gasteiger partial charge in [-0.2, -0.15) is 0 Å². The molecule has 24 heavy (non-hydrogen) atoms. The first-order valence-electron chi connectivity index (χ1n) is 10.2. The fraction of sp³-hybridized carbons (Fsp3) is 1.00. The highest BCUT2D eigenvalue weighted by Crippen LogP contribution is 2.33. The predicted octanol–water partition coefficient (Wildman–Crippen LogP) is 3.94. The lowest BCUT2D eigenvalue weighted by molar-refractivity contribution is -0.0247. The molecule has 2 aliphatic rings. The zero-order valence-electron chi connectivity index (χ0n) is 17.7. The monoisotopic (exact) mass is 337 g/mol. The number of rotatable bonds is 6. The second-order valence-corrected chi connectivity index (χ2v) is 10.3. The van der Waals surface area contributed by atoms with Gasteiger partial charge in [0, 0.05) is 56.4 Å². The van der Waals surface area contributed by atoms with Crippen LogP contribution in [0, 0.1) is 11.8 Å². The van der Waals surface area contributed by atoms with Crippen molar-refractivity contribution in [2.24, 2.45) is 11.8 Å². The maximum absolute atomic E-state index is 2.71. The van der Waals surface area contributed by atoms with Crippen LogP contribution in [0.15, 0.2) is 0 Å². The number of piperazine rings is 1. The van der Waals surface area contributed by atoms with Gasteiger partial charge in [-0.3, -0.25) is 14.7 Å². The van der Waals surface area contributed by atoms with Crippen molar-refractivity contribution in [1.82, 2.24) is 14.7 Å². The molecule has 0 bridgehead atoms. The molecule has 2 rings (SSSR count). The molecule has 0 N–H and O–H groups in total. The molecule has 2 heterocycles. The first-order valence-corrected chi connectivity index (χ1v) is 10.2. The predicted molar refractivity (Wildman–Crippen MR) is 106 cm³/mol. The van der Waals surface area contributed by atoms with E-state index < -0.39 is 0 Å². The number of nitrogens with zero attached hydrogens (tertiary/aromatic N) is 3. The van der Waals surface area contributed by atoms with Gasteiger partial charge in [0.2, 0.25) is 0 Å². The summed E-state index contributed by atoms with van der Waals surface area (Å²) in [7, 11) is 0. The highest BCUT2D eigenvalue weighted by molar-refractivity contribution is 4.93. The molecule has 142 valence electrons. The Labute approximate surface area is 151 Å². The van der Waals surface area contributed by atoms with E-state index >= 15 is 0 Å². The number of likely N-dealkylation sites (tertiary alicyclic amines) is 1. The summed E-state index contributed by atoms with van der Waals surface area (Å²) in [6.07, 6.45) is 2.64. The Morgan fingerprint density at radius 1 is 0.833 bits per heavy atom. The highest BCUT2D eigenvalue weighted by atomic mass is 15.3. The fourth-order valence-electron chi connectivity index (χ4n) is 4.16. The van der Waals surface area contributed by atoms with Crippen LogP contribution in [0.4, 0.5) is 0 Å². The van der Waals surface area contributed by atoms with Gasteiger partial charge in [0.05, 0.1) is 0 Å². The molecule has 0 amide bonds. The average Bonchev–Trinajstić information content (AvgIpc) is 2.41. The van der Waals surface area contributed by atoms with Crippen molar-refractivity contribution < 1.29 is 0 Å². The summed E-state index contributed by atoms with van der Waals surface area (Å²) in [6.45, 7) is 26.6. The van der Waals surface area contributed by atoms with Gasteiger partial charge >= 0.3 is 0 Å². The van der Waals surface area contributed by atoms with Crippen molar-refractivity contribution in [3.63, 3.8) is 0 Å². The van der Waals surface area contributed by atoms with E-state index in [0.29, 0.717) is 17.1 Å². The molecular weight excluding hydrogens is 294 g/mol. The maximum atomic E-state index is 2.71. The second-order valence-electron chi connectivity index (χ2n) is 10.3. The summed E-state index contributed by atoms with van der Waals surface area (Å²) in [4.78, 5) is 8.06. The van der Waals surface area contributed by atoms with Crippen LogP contribution >= 0.6 is 0 Å². The Morgan fingerprint density at radius 2 is 1.38 bits per heavy atom. The molecule has 2 saturated heterocycles. The molecule has 0 saturated carbocycles. The molecule has 0 aromatic heterocycles. The third kappa shape index (κ3) is 4.95. The van der Waals surface area contributed by atoms with Crippen LogP contribution in [0.1, 0.15) is 68.2 Å². The van der Waals surface area contributed by atoms with Crippen LogP contribution in [0.3, 0.4) is 0 Å². The fourth-order valence-corrected chi connectivity index (χ4v) is 4.16. The molecule has 2 aliphatic heterocycles. The van der Waals surface area contributed by atoms with Crippen molar-refractivity contribution in [3.05, 3.63) is 0 Å². The van der Waals surface area contributed by atoms with Gasteiger partial charge in [-0.1, -0.05) is 13.8 Å². The minimum absolute atomic E-state index is 0.321. The summed E-state index contributed by atoms with van der Waals surface area (Å²) < 4.78 is 0. The van der Waals surface area contributed by atoms with Crippen LogP contribution in [-0.2, 0) is 0 Å². The van der Waals surface area contributed by atoms with Crippen LogP contribution < -0.4 is 0 Å². The van der Waals surface area contributed by atoms with E-state index in [0.717, 1.165) is 11.8 Å². The number of hydrogen-bond donors (Lipinski definition) is 0. The molecule has 0 aromatic carbocycles. The molecule has 2 fully saturated rings. The quantitative estimate of drug-likeness (QED) is 0.727. The van der Waals surface area contributed by atoms with Crippen LogP contribution in [0.2, 0.25) is 0 Å². The topological polar surface area (TPSA) is 9.72 Å². The van der Waals surface area contributed by atoms with Crippen LogP contribution in [0.5, 0.6) is 0 Å². The first kappa shape index (κ1) is 20.2. The number of hydrogen-bond acceptors (Lipinski definition) is 3. The molecule has 0 spiro atoms. The van der Waals surface area contributed by atoms with Crippen molar-refractivity contribution in [2.75, 3.05) is 39.3 Å². The summed E-state index contributed by atoms with van der Waals surface area (Å²) in [5.74, 6) is 1.77. The standard InChI is InChI=1S/C21H43N3/c1-17(2)19-15-24(16-19)21(7,8)10-9-18(3)22-11-13-23(14-12-22)20(4,5)6/h17-19H,9-16H2,1-8H3. The van der Waals surface area contributed by atoms with E-state index in [2.05, 4.69) is 70.1 Å². The third-order valence-electron chi connectivity index (χ3n) is 6.77. The van der Waals surface area contributed by atoms with Gasteiger partial charge < -0.3 is 0 Å². The SMILES string of the molecule is CC(C)C1CN(C(C)(C)CCC(C)N2CCN(C(C)(C)C)CC2)C1. The Morgan fingerprint density at radius 3 is 1.83 bits per heavy atom. The van der Waals surface area contributed by atoms with Gasteiger partial charge in [0.1, 0.15) is 0 Å². The first-order chi connectivity index (χ1) is 11.0. The Bertz CT molecular complexity index is 382. The van der Waals surface area contributed by atoms with Crippen molar-refractivity contribution in [3.8, 4) is 0 Å². The minimum Gasteiger partial charge on any atom is -0.298 e. The van der Waals surface area contributed by atoms with Crippen molar-refractivity contribution in [1.29, 1.82) is 0 Å². The van der Waals surface area contributed by atoms with E-state index in [-0.39, 0.29) is 0 Å². The van der Waals surface area contributed by atoms with E-state index in [1.165, 1.54) is 52.1 Å². The van der Waals surface area contributed by atoms with Crippen molar-refractivity contribution in [2.45, 2.75) is 85.4 Å². The zero-order valence-corrected chi connectivity index (χ0v) is 17.7. The highest BCUT2D eigenvalue weighted by Gasteiger charge is 2.38. The molecule has 0 aromatic rings. The lowest BCUT2D eigenvalue weighted by Gasteiger charge is -2.51.